The van der Waals surface area contributed by atoms with Gasteiger partial charge in [0.25, 0.3) is 0 Å². The minimum Gasteiger partial charge on any atom is -0.314 e. The molecule has 0 amide bonds. The van der Waals surface area contributed by atoms with Gasteiger partial charge in [0.2, 0.25) is 0 Å². The Morgan fingerprint density at radius 2 is 2.11 bits per heavy atom. The lowest BCUT2D eigenvalue weighted by molar-refractivity contribution is 0.286. The molecule has 1 aromatic rings. The number of nitrogens with one attached hydrogen (secondary N) is 2. The third-order valence-corrected chi connectivity index (χ3v) is 4.41. The lowest BCUT2D eigenvalue weighted by atomic mass is 9.84. The van der Waals surface area contributed by atoms with Gasteiger partial charge in [0.05, 0.1) is 6.20 Å². The first-order valence-electron chi connectivity index (χ1n) is 7.51. The Balaban J connectivity index is 1.58. The zero-order valence-corrected chi connectivity index (χ0v) is 11.8. The molecule has 0 bridgehead atoms. The highest BCUT2D eigenvalue weighted by molar-refractivity contribution is 5.14. The lowest BCUT2D eigenvalue weighted by Gasteiger charge is -2.28. The van der Waals surface area contributed by atoms with Crippen LogP contribution in [0.1, 0.15) is 56.7 Å². The zero-order chi connectivity index (χ0) is 12.8. The third kappa shape index (κ3) is 3.84. The number of hydrogen-bond donors (Lipinski definition) is 2. The van der Waals surface area contributed by atoms with Crippen molar-refractivity contribution < 1.29 is 0 Å². The van der Waals surface area contributed by atoms with Crippen LogP contribution in [0.5, 0.6) is 0 Å². The van der Waals surface area contributed by atoms with E-state index in [0.717, 1.165) is 24.9 Å². The summed E-state index contributed by atoms with van der Waals surface area (Å²) in [5.41, 5.74) is 2.59. The van der Waals surface area contributed by atoms with Crippen LogP contribution in [0.2, 0.25) is 0 Å². The van der Waals surface area contributed by atoms with Crippen LogP contribution in [-0.2, 0) is 6.42 Å². The van der Waals surface area contributed by atoms with Crippen molar-refractivity contribution in [1.82, 2.24) is 15.5 Å². The van der Waals surface area contributed by atoms with Crippen LogP contribution < -0.4 is 5.32 Å². The molecule has 0 unspecified atom stereocenters. The summed E-state index contributed by atoms with van der Waals surface area (Å²) in [7, 11) is 0. The number of H-pyrrole nitrogens is 1. The molecule has 0 spiro atoms. The maximum absolute atomic E-state index is 4.06. The van der Waals surface area contributed by atoms with E-state index in [4.69, 9.17) is 0 Å². The average molecular weight is 249 g/mol. The molecule has 1 fully saturated rings. The van der Waals surface area contributed by atoms with Gasteiger partial charge in [-0.2, -0.15) is 5.10 Å². The zero-order valence-electron chi connectivity index (χ0n) is 11.8. The van der Waals surface area contributed by atoms with E-state index in [0.29, 0.717) is 0 Å². The summed E-state index contributed by atoms with van der Waals surface area (Å²) in [5, 5.41) is 10.8. The second-order valence-corrected chi connectivity index (χ2v) is 5.70. The normalized spacial score (nSPS) is 24.3. The molecule has 102 valence electrons. The number of hydrogen-bond acceptors (Lipinski definition) is 2. The van der Waals surface area contributed by atoms with Crippen LogP contribution >= 0.6 is 0 Å². The van der Waals surface area contributed by atoms with E-state index in [9.17, 15) is 0 Å². The molecule has 1 heterocycles. The Morgan fingerprint density at radius 1 is 1.33 bits per heavy atom. The molecule has 0 saturated heterocycles. The Morgan fingerprint density at radius 3 is 2.72 bits per heavy atom. The molecule has 0 atom stereocenters. The first-order chi connectivity index (χ1) is 8.79. The summed E-state index contributed by atoms with van der Waals surface area (Å²) in [4.78, 5) is 0. The highest BCUT2D eigenvalue weighted by Gasteiger charge is 2.18. The SMILES string of the molecule is CCC1CCC(NCCCc2cn[nH]c2C)CC1. The van der Waals surface area contributed by atoms with Crippen molar-refractivity contribution in [3.05, 3.63) is 17.5 Å². The quantitative estimate of drug-likeness (QED) is 0.760. The van der Waals surface area contributed by atoms with Gasteiger partial charge in [0, 0.05) is 11.7 Å². The molecule has 1 aliphatic carbocycles. The number of rotatable bonds is 6. The molecular weight excluding hydrogens is 222 g/mol. The lowest BCUT2D eigenvalue weighted by Crippen LogP contribution is -2.33. The summed E-state index contributed by atoms with van der Waals surface area (Å²) >= 11 is 0. The fourth-order valence-electron chi connectivity index (χ4n) is 2.99. The smallest absolute Gasteiger partial charge is 0.0522 e. The average Bonchev–Trinajstić information content (AvgIpc) is 2.81. The molecule has 3 nitrogen and oxygen atoms in total. The van der Waals surface area contributed by atoms with Gasteiger partial charge in [-0.15, -0.1) is 0 Å². The molecule has 2 rings (SSSR count). The standard InChI is InChI=1S/C15H27N3/c1-3-13-6-8-15(9-7-13)16-10-4-5-14-11-17-18-12(14)2/h11,13,15-16H,3-10H2,1-2H3,(H,17,18). The number of nitrogens with zero attached hydrogens (tertiary/aromatic N) is 1. The highest BCUT2D eigenvalue weighted by Crippen LogP contribution is 2.26. The van der Waals surface area contributed by atoms with Gasteiger partial charge in [-0.3, -0.25) is 5.10 Å². The summed E-state index contributed by atoms with van der Waals surface area (Å²) in [5.74, 6) is 0.997. The van der Waals surface area contributed by atoms with Gasteiger partial charge in [-0.05, 0) is 63.5 Å². The van der Waals surface area contributed by atoms with E-state index in [1.165, 1.54) is 49.8 Å². The van der Waals surface area contributed by atoms with Crippen molar-refractivity contribution >= 4 is 0 Å². The first-order valence-corrected chi connectivity index (χ1v) is 7.51. The van der Waals surface area contributed by atoms with Gasteiger partial charge >= 0.3 is 0 Å². The molecule has 3 heteroatoms. The van der Waals surface area contributed by atoms with E-state index in [1.807, 2.05) is 6.20 Å². The van der Waals surface area contributed by atoms with Gasteiger partial charge in [-0.1, -0.05) is 13.3 Å². The second kappa shape index (κ2) is 6.93. The van der Waals surface area contributed by atoms with Crippen molar-refractivity contribution in [2.24, 2.45) is 5.92 Å². The fraction of sp³-hybridized carbons (Fsp3) is 0.800. The maximum Gasteiger partial charge on any atom is 0.0522 e. The Labute approximate surface area is 111 Å². The van der Waals surface area contributed by atoms with Crippen LogP contribution in [-0.4, -0.2) is 22.8 Å². The molecule has 0 aromatic carbocycles. The van der Waals surface area contributed by atoms with Crippen molar-refractivity contribution in [3.63, 3.8) is 0 Å². The Bertz CT molecular complexity index is 337. The summed E-state index contributed by atoms with van der Waals surface area (Å²) < 4.78 is 0. The largest absolute Gasteiger partial charge is 0.314 e. The number of aromatic amines is 1. The van der Waals surface area contributed by atoms with Gasteiger partial charge in [-0.25, -0.2) is 0 Å². The van der Waals surface area contributed by atoms with Crippen molar-refractivity contribution in [1.29, 1.82) is 0 Å². The predicted molar refractivity (Wildman–Crippen MR) is 75.7 cm³/mol. The van der Waals surface area contributed by atoms with Crippen molar-refractivity contribution in [2.45, 2.75) is 64.8 Å². The van der Waals surface area contributed by atoms with Crippen LogP contribution in [0.25, 0.3) is 0 Å². The van der Waals surface area contributed by atoms with Gasteiger partial charge in [0.1, 0.15) is 0 Å². The van der Waals surface area contributed by atoms with Crippen LogP contribution in [0.3, 0.4) is 0 Å². The monoisotopic (exact) mass is 249 g/mol. The Hall–Kier alpha value is -0.830. The van der Waals surface area contributed by atoms with Crippen LogP contribution in [0.4, 0.5) is 0 Å². The topological polar surface area (TPSA) is 40.7 Å². The second-order valence-electron chi connectivity index (χ2n) is 5.70. The van der Waals surface area contributed by atoms with Crippen LogP contribution in [0.15, 0.2) is 6.20 Å². The molecule has 1 aliphatic rings. The molecule has 1 aromatic heterocycles. The molecule has 18 heavy (non-hydrogen) atoms. The first kappa shape index (κ1) is 13.6. The summed E-state index contributed by atoms with van der Waals surface area (Å²) in [6.45, 7) is 5.57. The third-order valence-electron chi connectivity index (χ3n) is 4.41. The molecule has 0 radical (unpaired) electrons. The maximum atomic E-state index is 4.06. The van der Waals surface area contributed by atoms with Gasteiger partial charge in [0.15, 0.2) is 0 Å². The van der Waals surface area contributed by atoms with Crippen molar-refractivity contribution in [2.75, 3.05) is 6.54 Å². The van der Waals surface area contributed by atoms with Crippen LogP contribution in [0, 0.1) is 12.8 Å². The van der Waals surface area contributed by atoms with E-state index in [2.05, 4.69) is 29.4 Å². The minimum atomic E-state index is 0.776. The minimum absolute atomic E-state index is 0.776. The number of aromatic nitrogens is 2. The summed E-state index contributed by atoms with van der Waals surface area (Å²) in [6, 6.07) is 0.776. The predicted octanol–water partition coefficient (Wildman–Crippen LogP) is 3.21. The molecule has 0 aliphatic heterocycles. The van der Waals surface area contributed by atoms with E-state index in [-0.39, 0.29) is 0 Å². The van der Waals surface area contributed by atoms with E-state index < -0.39 is 0 Å². The molecule has 2 N–H and O–H groups in total. The van der Waals surface area contributed by atoms with Crippen molar-refractivity contribution in [3.8, 4) is 0 Å². The fourth-order valence-corrected chi connectivity index (χ4v) is 2.99. The summed E-state index contributed by atoms with van der Waals surface area (Å²) in [6.07, 6.45) is 11.3. The highest BCUT2D eigenvalue weighted by atomic mass is 15.1. The molecule has 1 saturated carbocycles. The van der Waals surface area contributed by atoms with Gasteiger partial charge < -0.3 is 5.32 Å². The molecular formula is C15H27N3. The number of aryl methyl sites for hydroxylation is 2. The van der Waals surface area contributed by atoms with E-state index in [1.54, 1.807) is 0 Å². The Kier molecular flexibility index (Phi) is 5.24. The van der Waals surface area contributed by atoms with E-state index >= 15 is 0 Å².